The second-order valence-corrected chi connectivity index (χ2v) is 14.7. The second kappa shape index (κ2) is 17.0. The standard InChI is InChI=1S/C43H50N2O6/c1-2-3-4-5-6-7-32-8-10-33(11-9-32)34-28-30-43(31-29-34,35-12-20-39(21-13-35)50-41-24-16-37(17-25-41)44(46)47)36-14-22-40(23-15-36)51-42-26-18-38(19-27-42)45(48)49/h12-27,32-34H,2-11,28-31H2,1H3. The number of nitro benzene ring substituents is 2. The fraction of sp³-hybridized carbons (Fsp3) is 0.442. The number of non-ortho nitro benzene ring substituents is 2. The predicted molar refractivity (Wildman–Crippen MR) is 201 cm³/mol. The number of benzene rings is 4. The summed E-state index contributed by atoms with van der Waals surface area (Å²) in [6.07, 6.45) is 18.4. The molecular formula is C43H50N2O6. The van der Waals surface area contributed by atoms with Gasteiger partial charge in [0.2, 0.25) is 0 Å². The molecule has 8 nitrogen and oxygen atoms in total. The van der Waals surface area contributed by atoms with E-state index < -0.39 is 9.85 Å². The first kappa shape index (κ1) is 36.1. The van der Waals surface area contributed by atoms with Gasteiger partial charge in [-0.1, -0.05) is 82.6 Å². The molecule has 0 bridgehead atoms. The van der Waals surface area contributed by atoms with E-state index in [1.54, 1.807) is 24.3 Å². The van der Waals surface area contributed by atoms with Gasteiger partial charge < -0.3 is 9.47 Å². The molecule has 0 N–H and O–H groups in total. The number of unbranched alkanes of at least 4 members (excludes halogenated alkanes) is 4. The normalized spacial score (nSPS) is 18.9. The van der Waals surface area contributed by atoms with Crippen LogP contribution in [0.25, 0.3) is 0 Å². The van der Waals surface area contributed by atoms with Crippen LogP contribution >= 0.6 is 0 Å². The van der Waals surface area contributed by atoms with Crippen LogP contribution in [0, 0.1) is 38.0 Å². The van der Waals surface area contributed by atoms with E-state index in [1.807, 2.05) is 24.3 Å². The first-order chi connectivity index (χ1) is 24.8. The Bertz CT molecular complexity index is 1600. The molecule has 0 amide bonds. The lowest BCUT2D eigenvalue weighted by molar-refractivity contribution is -0.385. The molecule has 2 aliphatic carbocycles. The maximum Gasteiger partial charge on any atom is 0.269 e. The third kappa shape index (κ3) is 9.15. The summed E-state index contributed by atoms with van der Waals surface area (Å²) in [4.78, 5) is 21.3. The Hall–Kier alpha value is -4.72. The SMILES string of the molecule is CCCCCCCC1CCC(C2CCC(c3ccc(Oc4ccc([N+](=O)[O-])cc4)cc3)(c3ccc(Oc4ccc([N+](=O)[O-])cc4)cc3)CC2)CC1. The summed E-state index contributed by atoms with van der Waals surface area (Å²) in [7, 11) is 0. The Kier molecular flexibility index (Phi) is 12.0. The van der Waals surface area contributed by atoms with Crippen LogP contribution in [0.5, 0.6) is 23.0 Å². The first-order valence-corrected chi connectivity index (χ1v) is 18.9. The molecule has 2 fully saturated rings. The van der Waals surface area contributed by atoms with Crippen LogP contribution in [-0.4, -0.2) is 9.85 Å². The summed E-state index contributed by atoms with van der Waals surface area (Å²) in [5, 5.41) is 22.1. The van der Waals surface area contributed by atoms with Crippen molar-refractivity contribution in [3.05, 3.63) is 128 Å². The smallest absolute Gasteiger partial charge is 0.269 e. The molecule has 8 heteroatoms. The van der Waals surface area contributed by atoms with Gasteiger partial charge in [0, 0.05) is 29.7 Å². The van der Waals surface area contributed by atoms with Crippen molar-refractivity contribution in [1.82, 2.24) is 0 Å². The lowest BCUT2D eigenvalue weighted by Gasteiger charge is -2.44. The minimum Gasteiger partial charge on any atom is -0.457 e. The van der Waals surface area contributed by atoms with E-state index in [2.05, 4.69) is 31.2 Å². The molecule has 2 saturated carbocycles. The Morgan fingerprint density at radius 3 is 1.35 bits per heavy atom. The highest BCUT2D eigenvalue weighted by atomic mass is 16.6. The number of hydrogen-bond donors (Lipinski definition) is 0. The van der Waals surface area contributed by atoms with Crippen molar-refractivity contribution < 1.29 is 19.3 Å². The number of hydrogen-bond acceptors (Lipinski definition) is 6. The molecule has 0 atom stereocenters. The molecule has 0 saturated heterocycles. The van der Waals surface area contributed by atoms with Crippen molar-refractivity contribution in [3.8, 4) is 23.0 Å². The fourth-order valence-electron chi connectivity index (χ4n) is 8.56. The first-order valence-electron chi connectivity index (χ1n) is 18.9. The molecule has 0 spiro atoms. The molecule has 2 aliphatic rings. The highest BCUT2D eigenvalue weighted by Gasteiger charge is 2.41. The summed E-state index contributed by atoms with van der Waals surface area (Å²) in [5.74, 6) is 4.99. The lowest BCUT2D eigenvalue weighted by Crippen LogP contribution is -2.35. The maximum atomic E-state index is 11.1. The van der Waals surface area contributed by atoms with E-state index >= 15 is 0 Å². The molecule has 4 aromatic carbocycles. The minimum atomic E-state index is -0.414. The van der Waals surface area contributed by atoms with Crippen LogP contribution in [-0.2, 0) is 5.41 Å². The second-order valence-electron chi connectivity index (χ2n) is 14.7. The van der Waals surface area contributed by atoms with Gasteiger partial charge in [0.05, 0.1) is 9.85 Å². The summed E-state index contributed by atoms with van der Waals surface area (Å²) in [6.45, 7) is 2.28. The predicted octanol–water partition coefficient (Wildman–Crippen LogP) is 12.7. The van der Waals surface area contributed by atoms with Crippen LogP contribution < -0.4 is 9.47 Å². The maximum absolute atomic E-state index is 11.1. The van der Waals surface area contributed by atoms with Crippen molar-refractivity contribution >= 4 is 11.4 Å². The molecule has 0 unspecified atom stereocenters. The van der Waals surface area contributed by atoms with E-state index in [1.165, 1.54) is 112 Å². The number of nitrogens with zero attached hydrogens (tertiary/aromatic N) is 2. The van der Waals surface area contributed by atoms with Gasteiger partial charge >= 0.3 is 0 Å². The molecule has 6 rings (SSSR count). The van der Waals surface area contributed by atoms with E-state index in [-0.39, 0.29) is 16.8 Å². The minimum absolute atomic E-state index is 0.0326. The van der Waals surface area contributed by atoms with E-state index in [0.717, 1.165) is 30.6 Å². The average molecular weight is 691 g/mol. The third-order valence-electron chi connectivity index (χ3n) is 11.5. The number of ether oxygens (including phenoxy) is 2. The zero-order chi connectivity index (χ0) is 35.6. The third-order valence-corrected chi connectivity index (χ3v) is 11.5. The molecule has 268 valence electrons. The van der Waals surface area contributed by atoms with Crippen LogP contribution in [0.3, 0.4) is 0 Å². The molecule has 51 heavy (non-hydrogen) atoms. The Labute approximate surface area is 301 Å². The summed E-state index contributed by atoms with van der Waals surface area (Å²) in [5.41, 5.74) is 2.43. The van der Waals surface area contributed by atoms with E-state index in [0.29, 0.717) is 23.0 Å². The van der Waals surface area contributed by atoms with Crippen LogP contribution in [0.1, 0.15) is 108 Å². The molecule has 0 aliphatic heterocycles. The summed E-state index contributed by atoms with van der Waals surface area (Å²) in [6, 6.07) is 29.0. The molecule has 4 aromatic rings. The largest absolute Gasteiger partial charge is 0.457 e. The average Bonchev–Trinajstić information content (AvgIpc) is 3.16. The van der Waals surface area contributed by atoms with Crippen LogP contribution in [0.4, 0.5) is 11.4 Å². The van der Waals surface area contributed by atoms with E-state index in [4.69, 9.17) is 9.47 Å². The monoisotopic (exact) mass is 690 g/mol. The zero-order valence-corrected chi connectivity index (χ0v) is 29.7. The Morgan fingerprint density at radius 2 is 0.941 bits per heavy atom. The van der Waals surface area contributed by atoms with Gasteiger partial charge in [-0.3, -0.25) is 20.2 Å². The topological polar surface area (TPSA) is 105 Å². The molecule has 0 heterocycles. The Morgan fingerprint density at radius 1 is 0.549 bits per heavy atom. The fourth-order valence-corrected chi connectivity index (χ4v) is 8.56. The van der Waals surface area contributed by atoms with Gasteiger partial charge in [-0.05, 0) is 116 Å². The van der Waals surface area contributed by atoms with Gasteiger partial charge in [-0.2, -0.15) is 0 Å². The van der Waals surface area contributed by atoms with Crippen LogP contribution in [0.15, 0.2) is 97.1 Å². The molecular weight excluding hydrogens is 640 g/mol. The highest BCUT2D eigenvalue weighted by Crippen LogP contribution is 2.51. The van der Waals surface area contributed by atoms with Crippen LogP contribution in [0.2, 0.25) is 0 Å². The number of nitro groups is 2. The van der Waals surface area contributed by atoms with Crippen molar-refractivity contribution in [2.24, 2.45) is 17.8 Å². The zero-order valence-electron chi connectivity index (χ0n) is 29.7. The molecule has 0 radical (unpaired) electrons. The quantitative estimate of drug-likeness (QED) is 0.0698. The van der Waals surface area contributed by atoms with Gasteiger partial charge in [-0.15, -0.1) is 0 Å². The van der Waals surface area contributed by atoms with Crippen molar-refractivity contribution in [1.29, 1.82) is 0 Å². The van der Waals surface area contributed by atoms with Gasteiger partial charge in [-0.25, -0.2) is 0 Å². The van der Waals surface area contributed by atoms with Crippen molar-refractivity contribution in [2.75, 3.05) is 0 Å². The lowest BCUT2D eigenvalue weighted by atomic mass is 9.60. The van der Waals surface area contributed by atoms with Crippen molar-refractivity contribution in [3.63, 3.8) is 0 Å². The number of rotatable bonds is 15. The summed E-state index contributed by atoms with van der Waals surface area (Å²) < 4.78 is 12.1. The Balaban J connectivity index is 1.15. The van der Waals surface area contributed by atoms with E-state index in [9.17, 15) is 20.2 Å². The van der Waals surface area contributed by atoms with Gasteiger partial charge in [0.25, 0.3) is 11.4 Å². The highest BCUT2D eigenvalue weighted by molar-refractivity contribution is 5.46. The molecule has 0 aromatic heterocycles. The summed E-state index contributed by atoms with van der Waals surface area (Å²) >= 11 is 0. The van der Waals surface area contributed by atoms with Gasteiger partial charge in [0.1, 0.15) is 23.0 Å². The van der Waals surface area contributed by atoms with Crippen molar-refractivity contribution in [2.45, 2.75) is 102 Å². The van der Waals surface area contributed by atoms with Gasteiger partial charge in [0.15, 0.2) is 0 Å².